The Morgan fingerprint density at radius 3 is 2.32 bits per heavy atom. The molecule has 3 rings (SSSR count). The number of hydrogen-bond acceptors (Lipinski definition) is 7. The minimum atomic E-state index is -1.10. The van der Waals surface area contributed by atoms with E-state index < -0.39 is 47.9 Å². The van der Waals surface area contributed by atoms with Crippen LogP contribution in [0.15, 0.2) is 72.8 Å². The second kappa shape index (κ2) is 17.0. The molecule has 2 aromatic carbocycles. The average Bonchev–Trinajstić information content (AvgIpc) is 3.01. The quantitative estimate of drug-likeness (QED) is 0.421. The number of methoxy groups -OCH3 is 1. The van der Waals surface area contributed by atoms with Gasteiger partial charge in [0.15, 0.2) is 6.10 Å². The Hall–Kier alpha value is -4.40. The maximum atomic E-state index is 13.4. The van der Waals surface area contributed by atoms with E-state index in [0.29, 0.717) is 5.75 Å². The first kappa shape index (κ1) is 34.1. The van der Waals surface area contributed by atoms with Gasteiger partial charge in [-0.3, -0.25) is 14.4 Å². The molecule has 2 N–H and O–H groups in total. The van der Waals surface area contributed by atoms with Crippen LogP contribution in [0.3, 0.4) is 0 Å². The van der Waals surface area contributed by atoms with Gasteiger partial charge in [-0.05, 0) is 41.7 Å². The fourth-order valence-corrected chi connectivity index (χ4v) is 4.62. The summed E-state index contributed by atoms with van der Waals surface area (Å²) < 4.78 is 16.8. The van der Waals surface area contributed by atoms with E-state index in [-0.39, 0.29) is 37.6 Å². The molecule has 1 heterocycles. The molecule has 1 aliphatic rings. The van der Waals surface area contributed by atoms with E-state index >= 15 is 0 Å². The predicted octanol–water partition coefficient (Wildman–Crippen LogP) is 4.65. The Kier molecular flexibility index (Phi) is 13.2. The number of nitrogens with one attached hydrogen (secondary N) is 2. The summed E-state index contributed by atoms with van der Waals surface area (Å²) >= 11 is 0. The minimum Gasteiger partial charge on any atom is -0.497 e. The summed E-state index contributed by atoms with van der Waals surface area (Å²) in [5, 5.41) is 5.52. The summed E-state index contributed by atoms with van der Waals surface area (Å²) in [6.07, 6.45) is 5.87. The van der Waals surface area contributed by atoms with Crippen LogP contribution in [-0.4, -0.2) is 55.7 Å². The second-order valence-electron chi connectivity index (χ2n) is 11.6. The van der Waals surface area contributed by atoms with Gasteiger partial charge in [0.2, 0.25) is 11.8 Å². The summed E-state index contributed by atoms with van der Waals surface area (Å²) in [7, 11) is 1.57. The number of carbonyl (C=O) groups excluding carboxylic acids is 4. The Morgan fingerprint density at radius 1 is 0.955 bits per heavy atom. The number of esters is 2. The van der Waals surface area contributed by atoms with Gasteiger partial charge in [0, 0.05) is 25.3 Å². The maximum Gasteiger partial charge on any atom is 0.347 e. The van der Waals surface area contributed by atoms with Gasteiger partial charge in [0.1, 0.15) is 17.9 Å². The van der Waals surface area contributed by atoms with E-state index in [1.165, 1.54) is 6.08 Å². The van der Waals surface area contributed by atoms with Gasteiger partial charge in [-0.25, -0.2) is 4.79 Å². The molecule has 2 amide bonds. The lowest BCUT2D eigenvalue weighted by Gasteiger charge is -2.26. The van der Waals surface area contributed by atoms with E-state index in [1.54, 1.807) is 32.2 Å². The van der Waals surface area contributed by atoms with E-state index in [9.17, 15) is 19.2 Å². The highest BCUT2D eigenvalue weighted by molar-refractivity contribution is 5.93. The largest absolute Gasteiger partial charge is 0.497 e. The summed E-state index contributed by atoms with van der Waals surface area (Å²) in [6, 6.07) is 16.1. The molecule has 0 fully saturated rings. The highest BCUT2D eigenvalue weighted by Crippen LogP contribution is 2.20. The summed E-state index contributed by atoms with van der Waals surface area (Å²) in [5.41, 5.74) is 1.82. The fraction of sp³-hybridized carbons (Fsp3) is 0.429. The number of benzene rings is 2. The Bertz CT molecular complexity index is 1300. The zero-order valence-corrected chi connectivity index (χ0v) is 26.2. The lowest BCUT2D eigenvalue weighted by molar-refractivity contribution is -0.175. The molecule has 0 spiro atoms. The molecule has 2 aromatic rings. The molecule has 0 aromatic heterocycles. The zero-order valence-electron chi connectivity index (χ0n) is 26.2. The molecule has 2 unspecified atom stereocenters. The number of carbonyl (C=O) groups is 4. The summed E-state index contributed by atoms with van der Waals surface area (Å²) in [5.74, 6) is -2.41. The molecule has 0 bridgehead atoms. The molecule has 0 saturated heterocycles. The second-order valence-corrected chi connectivity index (χ2v) is 11.6. The van der Waals surface area contributed by atoms with Crippen molar-refractivity contribution in [3.8, 4) is 5.75 Å². The first-order valence-corrected chi connectivity index (χ1v) is 15.1. The van der Waals surface area contributed by atoms with Gasteiger partial charge in [-0.1, -0.05) is 88.4 Å². The minimum absolute atomic E-state index is 0.0319. The predicted molar refractivity (Wildman–Crippen MR) is 168 cm³/mol. The van der Waals surface area contributed by atoms with Gasteiger partial charge in [-0.15, -0.1) is 0 Å². The fourth-order valence-electron chi connectivity index (χ4n) is 4.62. The third kappa shape index (κ3) is 11.0. The lowest BCUT2D eigenvalue weighted by atomic mass is 9.99. The van der Waals surface area contributed by atoms with Gasteiger partial charge in [-0.2, -0.15) is 0 Å². The van der Waals surface area contributed by atoms with Crippen molar-refractivity contribution in [3.63, 3.8) is 0 Å². The van der Waals surface area contributed by atoms with Gasteiger partial charge in [0.25, 0.3) is 0 Å². The first-order valence-electron chi connectivity index (χ1n) is 15.1. The van der Waals surface area contributed by atoms with Crippen LogP contribution in [0.2, 0.25) is 0 Å². The van der Waals surface area contributed by atoms with Crippen LogP contribution in [0.1, 0.15) is 51.7 Å². The third-order valence-corrected chi connectivity index (χ3v) is 7.31. The van der Waals surface area contributed by atoms with Crippen molar-refractivity contribution in [1.29, 1.82) is 0 Å². The Morgan fingerprint density at radius 2 is 1.66 bits per heavy atom. The zero-order chi connectivity index (χ0) is 32.1. The Balaban J connectivity index is 1.88. The standard InChI is InChI=1S/C35H44N2O7/c1-23(2)20-31-35(41)43-30(24(3)14-15-26-10-7-6-8-11-26)12-9-13-32(38)37-29(21-27-16-18-28(42-5)19-17-27)33(39)36-22-25(4)34(40)44-31/h6-11,13-19,23-25,29-31H,12,20-22H2,1-5H3,(H,36,39)(H,37,38)/b13-9+,15-14+/t24-,25+,29?,30?,31-/m0/s1. The van der Waals surface area contributed by atoms with Crippen molar-refractivity contribution in [2.24, 2.45) is 17.8 Å². The molecular weight excluding hydrogens is 560 g/mol. The number of amides is 2. The van der Waals surface area contributed by atoms with E-state index in [4.69, 9.17) is 14.2 Å². The van der Waals surface area contributed by atoms with Gasteiger partial charge >= 0.3 is 11.9 Å². The molecule has 0 aliphatic carbocycles. The van der Waals surface area contributed by atoms with Gasteiger partial charge in [0.05, 0.1) is 13.0 Å². The molecule has 44 heavy (non-hydrogen) atoms. The van der Waals surface area contributed by atoms with Crippen molar-refractivity contribution in [3.05, 3.63) is 84.0 Å². The van der Waals surface area contributed by atoms with Crippen LogP contribution in [0.5, 0.6) is 5.75 Å². The van der Waals surface area contributed by atoms with Crippen molar-refractivity contribution in [1.82, 2.24) is 10.6 Å². The van der Waals surface area contributed by atoms with E-state index in [1.807, 2.05) is 75.4 Å². The molecule has 5 atom stereocenters. The summed E-state index contributed by atoms with van der Waals surface area (Å²) in [4.78, 5) is 52.6. The van der Waals surface area contributed by atoms with Crippen molar-refractivity contribution < 1.29 is 33.4 Å². The average molecular weight is 605 g/mol. The molecule has 9 nitrogen and oxygen atoms in total. The molecular formula is C35H44N2O7. The van der Waals surface area contributed by atoms with E-state index in [0.717, 1.165) is 11.1 Å². The van der Waals surface area contributed by atoms with Crippen molar-refractivity contribution in [2.75, 3.05) is 13.7 Å². The monoisotopic (exact) mass is 604 g/mol. The first-order chi connectivity index (χ1) is 21.0. The van der Waals surface area contributed by atoms with Crippen LogP contribution < -0.4 is 15.4 Å². The highest BCUT2D eigenvalue weighted by atomic mass is 16.6. The highest BCUT2D eigenvalue weighted by Gasteiger charge is 2.31. The summed E-state index contributed by atoms with van der Waals surface area (Å²) in [6.45, 7) is 7.36. The molecule has 236 valence electrons. The normalized spacial score (nSPS) is 23.8. The van der Waals surface area contributed by atoms with Crippen LogP contribution in [-0.2, 0) is 35.1 Å². The molecule has 9 heteroatoms. The number of rotatable bonds is 8. The Labute approximate surface area is 260 Å². The van der Waals surface area contributed by atoms with Crippen LogP contribution in [0.25, 0.3) is 6.08 Å². The number of cyclic esters (lactones) is 2. The van der Waals surface area contributed by atoms with Crippen LogP contribution >= 0.6 is 0 Å². The topological polar surface area (TPSA) is 120 Å². The SMILES string of the molecule is COc1ccc(CC2NC(=O)/C=C/CC([C@@H](C)/C=C/c3ccccc3)OC(=O)[C@H](CC(C)C)OC(=O)[C@H](C)CNC2=O)cc1. The van der Waals surface area contributed by atoms with Crippen LogP contribution in [0.4, 0.5) is 0 Å². The van der Waals surface area contributed by atoms with Crippen LogP contribution in [0, 0.1) is 17.8 Å². The van der Waals surface area contributed by atoms with Crippen molar-refractivity contribution in [2.45, 2.75) is 65.2 Å². The number of ether oxygens (including phenoxy) is 3. The number of hydrogen-bond donors (Lipinski definition) is 2. The molecule has 0 saturated carbocycles. The lowest BCUT2D eigenvalue weighted by Crippen LogP contribution is -2.49. The van der Waals surface area contributed by atoms with Gasteiger partial charge < -0.3 is 24.8 Å². The van der Waals surface area contributed by atoms with Crippen molar-refractivity contribution >= 4 is 29.8 Å². The molecule has 0 radical (unpaired) electrons. The van der Waals surface area contributed by atoms with E-state index in [2.05, 4.69) is 10.6 Å². The molecule has 1 aliphatic heterocycles. The third-order valence-electron chi connectivity index (χ3n) is 7.31. The maximum absolute atomic E-state index is 13.4. The smallest absolute Gasteiger partial charge is 0.347 e.